The SMILES string of the molecule is COC(c1ccccc1)c1c(C)cccc1C. The third kappa shape index (κ3) is 2.40. The van der Waals surface area contributed by atoms with Crippen molar-refractivity contribution in [1.29, 1.82) is 0 Å². The van der Waals surface area contributed by atoms with Gasteiger partial charge in [0.25, 0.3) is 0 Å². The van der Waals surface area contributed by atoms with Crippen molar-refractivity contribution in [2.24, 2.45) is 0 Å². The monoisotopic (exact) mass is 226 g/mol. The normalized spacial score (nSPS) is 12.4. The van der Waals surface area contributed by atoms with Crippen LogP contribution >= 0.6 is 0 Å². The molecular formula is C16H18O. The molecule has 2 aromatic carbocycles. The molecule has 2 aromatic rings. The maximum absolute atomic E-state index is 5.68. The first-order valence-electron chi connectivity index (χ1n) is 5.88. The molecule has 88 valence electrons. The highest BCUT2D eigenvalue weighted by Gasteiger charge is 2.16. The summed E-state index contributed by atoms with van der Waals surface area (Å²) in [5.74, 6) is 0. The molecule has 0 aromatic heterocycles. The van der Waals surface area contributed by atoms with Gasteiger partial charge in [-0.15, -0.1) is 0 Å². The standard InChI is InChI=1S/C16H18O/c1-12-8-7-9-13(2)15(12)16(17-3)14-10-5-4-6-11-14/h4-11,16H,1-3H3. The molecule has 0 saturated heterocycles. The molecule has 0 saturated carbocycles. The smallest absolute Gasteiger partial charge is 0.108 e. The predicted molar refractivity (Wildman–Crippen MR) is 71.2 cm³/mol. The van der Waals surface area contributed by atoms with E-state index in [1.807, 2.05) is 6.07 Å². The van der Waals surface area contributed by atoms with Gasteiger partial charge in [0.1, 0.15) is 6.10 Å². The number of rotatable bonds is 3. The lowest BCUT2D eigenvalue weighted by Crippen LogP contribution is -2.07. The van der Waals surface area contributed by atoms with Crippen LogP contribution in [0.15, 0.2) is 48.5 Å². The van der Waals surface area contributed by atoms with Crippen LogP contribution in [0.2, 0.25) is 0 Å². The molecule has 0 fully saturated rings. The molecule has 0 radical (unpaired) electrons. The Morgan fingerprint density at radius 2 is 1.41 bits per heavy atom. The molecule has 0 N–H and O–H groups in total. The first-order valence-corrected chi connectivity index (χ1v) is 5.88. The third-order valence-electron chi connectivity index (χ3n) is 3.14. The molecule has 1 unspecified atom stereocenters. The van der Waals surface area contributed by atoms with Crippen LogP contribution in [-0.4, -0.2) is 7.11 Å². The minimum atomic E-state index is 0.0254. The van der Waals surface area contributed by atoms with Crippen LogP contribution in [-0.2, 0) is 4.74 Å². The quantitative estimate of drug-likeness (QED) is 0.767. The Morgan fingerprint density at radius 1 is 0.824 bits per heavy atom. The second kappa shape index (κ2) is 5.15. The van der Waals surface area contributed by atoms with Crippen LogP contribution in [0.1, 0.15) is 28.4 Å². The summed E-state index contributed by atoms with van der Waals surface area (Å²) in [6, 6.07) is 16.7. The molecule has 17 heavy (non-hydrogen) atoms. The highest BCUT2D eigenvalue weighted by molar-refractivity contribution is 5.40. The van der Waals surface area contributed by atoms with Crippen LogP contribution in [0, 0.1) is 13.8 Å². The zero-order chi connectivity index (χ0) is 12.3. The number of methoxy groups -OCH3 is 1. The summed E-state index contributed by atoms with van der Waals surface area (Å²) in [5, 5.41) is 0. The van der Waals surface area contributed by atoms with Gasteiger partial charge in [0, 0.05) is 7.11 Å². The van der Waals surface area contributed by atoms with Gasteiger partial charge in [-0.1, -0.05) is 48.5 Å². The van der Waals surface area contributed by atoms with Gasteiger partial charge in [0.15, 0.2) is 0 Å². The van der Waals surface area contributed by atoms with Crippen molar-refractivity contribution in [1.82, 2.24) is 0 Å². The average Bonchev–Trinajstić information content (AvgIpc) is 2.35. The van der Waals surface area contributed by atoms with Gasteiger partial charge < -0.3 is 4.74 Å². The van der Waals surface area contributed by atoms with Crippen LogP contribution < -0.4 is 0 Å². The number of benzene rings is 2. The minimum Gasteiger partial charge on any atom is -0.372 e. The van der Waals surface area contributed by atoms with E-state index in [-0.39, 0.29) is 6.10 Å². The lowest BCUT2D eigenvalue weighted by Gasteiger charge is -2.20. The molecule has 2 rings (SSSR count). The Balaban J connectivity index is 2.50. The molecule has 0 spiro atoms. The van der Waals surface area contributed by atoms with Gasteiger partial charge >= 0.3 is 0 Å². The summed E-state index contributed by atoms with van der Waals surface area (Å²) < 4.78 is 5.68. The van der Waals surface area contributed by atoms with Crippen molar-refractivity contribution < 1.29 is 4.74 Å². The van der Waals surface area contributed by atoms with Crippen LogP contribution in [0.25, 0.3) is 0 Å². The maximum atomic E-state index is 5.68. The van der Waals surface area contributed by atoms with Crippen molar-refractivity contribution in [3.05, 3.63) is 70.8 Å². The summed E-state index contributed by atoms with van der Waals surface area (Å²) >= 11 is 0. The van der Waals surface area contributed by atoms with Crippen molar-refractivity contribution in [3.63, 3.8) is 0 Å². The zero-order valence-electron chi connectivity index (χ0n) is 10.6. The van der Waals surface area contributed by atoms with Crippen LogP contribution in [0.4, 0.5) is 0 Å². The summed E-state index contributed by atoms with van der Waals surface area (Å²) in [5.41, 5.74) is 5.04. The van der Waals surface area contributed by atoms with Gasteiger partial charge in [-0.2, -0.15) is 0 Å². The van der Waals surface area contributed by atoms with E-state index >= 15 is 0 Å². The second-order valence-electron chi connectivity index (χ2n) is 4.33. The van der Waals surface area contributed by atoms with E-state index in [0.717, 1.165) is 0 Å². The molecule has 0 bridgehead atoms. The van der Waals surface area contributed by atoms with E-state index in [9.17, 15) is 0 Å². The first-order chi connectivity index (χ1) is 8.24. The molecule has 0 aliphatic heterocycles. The van der Waals surface area contributed by atoms with E-state index in [0.29, 0.717) is 0 Å². The van der Waals surface area contributed by atoms with E-state index in [1.54, 1.807) is 7.11 Å². The Morgan fingerprint density at radius 3 is 1.94 bits per heavy atom. The van der Waals surface area contributed by atoms with Crippen LogP contribution in [0.5, 0.6) is 0 Å². The molecule has 1 nitrogen and oxygen atoms in total. The molecule has 0 aliphatic rings. The molecule has 1 atom stereocenters. The fourth-order valence-corrected chi connectivity index (χ4v) is 2.29. The minimum absolute atomic E-state index is 0.0254. The Labute approximate surface area is 103 Å². The molecule has 1 heteroatoms. The Bertz CT molecular complexity index is 468. The molecule has 0 aliphatic carbocycles. The van der Waals surface area contributed by atoms with Crippen molar-refractivity contribution in [3.8, 4) is 0 Å². The summed E-state index contributed by atoms with van der Waals surface area (Å²) in [4.78, 5) is 0. The summed E-state index contributed by atoms with van der Waals surface area (Å²) in [6.07, 6.45) is 0.0254. The predicted octanol–water partition coefficient (Wildman–Crippen LogP) is 4.04. The highest BCUT2D eigenvalue weighted by Crippen LogP contribution is 2.30. The van der Waals surface area contributed by atoms with E-state index < -0.39 is 0 Å². The van der Waals surface area contributed by atoms with Gasteiger partial charge in [-0.3, -0.25) is 0 Å². The lowest BCUT2D eigenvalue weighted by atomic mass is 9.93. The summed E-state index contributed by atoms with van der Waals surface area (Å²) in [7, 11) is 1.77. The number of hydrogen-bond donors (Lipinski definition) is 0. The Kier molecular flexibility index (Phi) is 3.60. The number of aryl methyl sites for hydroxylation is 2. The van der Waals surface area contributed by atoms with Gasteiger partial charge in [-0.05, 0) is 36.1 Å². The van der Waals surface area contributed by atoms with Crippen molar-refractivity contribution in [2.75, 3.05) is 7.11 Å². The van der Waals surface area contributed by atoms with Crippen molar-refractivity contribution in [2.45, 2.75) is 20.0 Å². The number of hydrogen-bond acceptors (Lipinski definition) is 1. The fourth-order valence-electron chi connectivity index (χ4n) is 2.29. The van der Waals surface area contributed by atoms with Gasteiger partial charge in [0.2, 0.25) is 0 Å². The van der Waals surface area contributed by atoms with Crippen LogP contribution in [0.3, 0.4) is 0 Å². The lowest BCUT2D eigenvalue weighted by molar-refractivity contribution is 0.135. The Hall–Kier alpha value is -1.60. The summed E-state index contributed by atoms with van der Waals surface area (Å²) in [6.45, 7) is 4.27. The van der Waals surface area contributed by atoms with Gasteiger partial charge in [-0.25, -0.2) is 0 Å². The number of ether oxygens (including phenoxy) is 1. The average molecular weight is 226 g/mol. The van der Waals surface area contributed by atoms with E-state index in [4.69, 9.17) is 4.74 Å². The highest BCUT2D eigenvalue weighted by atomic mass is 16.5. The fraction of sp³-hybridized carbons (Fsp3) is 0.250. The topological polar surface area (TPSA) is 9.23 Å². The van der Waals surface area contributed by atoms with Crippen molar-refractivity contribution >= 4 is 0 Å². The first kappa shape index (κ1) is 11.9. The largest absolute Gasteiger partial charge is 0.372 e. The molecule has 0 heterocycles. The molecule has 0 amide bonds. The molecular weight excluding hydrogens is 208 g/mol. The van der Waals surface area contributed by atoms with E-state index in [2.05, 4.69) is 56.3 Å². The van der Waals surface area contributed by atoms with Gasteiger partial charge in [0.05, 0.1) is 0 Å². The zero-order valence-corrected chi connectivity index (χ0v) is 10.6. The second-order valence-corrected chi connectivity index (χ2v) is 4.33. The van der Waals surface area contributed by atoms with E-state index in [1.165, 1.54) is 22.3 Å². The maximum Gasteiger partial charge on any atom is 0.108 e. The third-order valence-corrected chi connectivity index (χ3v) is 3.14.